The van der Waals surface area contributed by atoms with E-state index in [2.05, 4.69) is 15.2 Å². The van der Waals surface area contributed by atoms with Crippen molar-refractivity contribution in [1.82, 2.24) is 24.8 Å². The third kappa shape index (κ3) is 4.98. The molecule has 0 atom stereocenters. The van der Waals surface area contributed by atoms with Crippen LogP contribution in [0.1, 0.15) is 17.0 Å². The van der Waals surface area contributed by atoms with Gasteiger partial charge in [0.15, 0.2) is 0 Å². The maximum absolute atomic E-state index is 12.7. The first-order valence-corrected chi connectivity index (χ1v) is 10.2. The molecule has 3 aromatic heterocycles. The first kappa shape index (κ1) is 22.0. The van der Waals surface area contributed by atoms with Crippen molar-refractivity contribution < 1.29 is 17.7 Å². The summed E-state index contributed by atoms with van der Waals surface area (Å²) >= 11 is 0. The van der Waals surface area contributed by atoms with Crippen LogP contribution in [-0.4, -0.2) is 63.7 Å². The zero-order valence-corrected chi connectivity index (χ0v) is 17.8. The maximum atomic E-state index is 12.7. The molecule has 1 aliphatic heterocycles. The number of halogens is 3. The molecule has 32 heavy (non-hydrogen) atoms. The number of hydrogen-bond donors (Lipinski definition) is 0. The van der Waals surface area contributed by atoms with E-state index in [9.17, 15) is 18.0 Å². The number of anilines is 1. The lowest BCUT2D eigenvalue weighted by Crippen LogP contribution is -2.49. The Hall–Kier alpha value is -3.21. The van der Waals surface area contributed by atoms with E-state index in [0.29, 0.717) is 30.2 Å². The van der Waals surface area contributed by atoms with Gasteiger partial charge in [-0.2, -0.15) is 18.3 Å². The molecule has 1 saturated heterocycles. The number of aromatic nitrogens is 4. The van der Waals surface area contributed by atoms with Crippen LogP contribution in [-0.2, 0) is 6.54 Å². The van der Waals surface area contributed by atoms with Crippen LogP contribution in [0.15, 0.2) is 39.9 Å². The minimum absolute atomic E-state index is 0.178. The van der Waals surface area contributed by atoms with Gasteiger partial charge in [-0.15, -0.1) is 0 Å². The largest absolute Gasteiger partial charge is 0.401 e. The van der Waals surface area contributed by atoms with Crippen LogP contribution in [0.25, 0.3) is 11.3 Å². The van der Waals surface area contributed by atoms with Crippen LogP contribution < -0.4 is 10.5 Å². The van der Waals surface area contributed by atoms with Gasteiger partial charge >= 0.3 is 6.18 Å². The third-order valence-electron chi connectivity index (χ3n) is 5.47. The summed E-state index contributed by atoms with van der Waals surface area (Å²) in [5.74, 6) is 0.583. The van der Waals surface area contributed by atoms with E-state index >= 15 is 0 Å². The Morgan fingerprint density at radius 1 is 1.09 bits per heavy atom. The van der Waals surface area contributed by atoms with E-state index in [0.717, 1.165) is 16.8 Å². The topological polar surface area (TPSA) is 80.3 Å². The van der Waals surface area contributed by atoms with Crippen molar-refractivity contribution in [2.45, 2.75) is 26.6 Å². The molecule has 0 saturated carbocycles. The molecule has 1 fully saturated rings. The fraction of sp³-hybridized carbons (Fsp3) is 0.429. The lowest BCUT2D eigenvalue weighted by Gasteiger charge is -2.36. The standard InChI is InChI=1S/C21H23F3N6O2/c1-14-3-4-16(10-25-14)20-18(15(2)32-27-20)12-30-19(31)9-17(11-26-30)29-7-5-28(6-8-29)13-21(22,23)24/h3-4,9-11H,5-8,12-13H2,1-2H3. The number of piperazine rings is 1. The summed E-state index contributed by atoms with van der Waals surface area (Å²) < 4.78 is 44.4. The molecule has 0 aliphatic carbocycles. The van der Waals surface area contributed by atoms with Crippen LogP contribution in [0.2, 0.25) is 0 Å². The van der Waals surface area contributed by atoms with Gasteiger partial charge in [-0.05, 0) is 26.0 Å². The van der Waals surface area contributed by atoms with Gasteiger partial charge < -0.3 is 9.42 Å². The van der Waals surface area contributed by atoms with Gasteiger partial charge in [-0.1, -0.05) is 5.16 Å². The van der Waals surface area contributed by atoms with Crippen LogP contribution in [0.5, 0.6) is 0 Å². The molecule has 3 aromatic rings. The van der Waals surface area contributed by atoms with Crippen molar-refractivity contribution in [3.8, 4) is 11.3 Å². The molecule has 4 heterocycles. The minimum atomic E-state index is -4.21. The molecule has 0 radical (unpaired) electrons. The first-order valence-electron chi connectivity index (χ1n) is 10.2. The SMILES string of the molecule is Cc1ccc(-c2noc(C)c2Cn2ncc(N3CCN(CC(F)(F)F)CC3)cc2=O)cn1. The summed E-state index contributed by atoms with van der Waals surface area (Å²) in [4.78, 5) is 20.2. The Morgan fingerprint density at radius 2 is 1.84 bits per heavy atom. The highest BCUT2D eigenvalue weighted by Crippen LogP contribution is 2.25. The number of alkyl halides is 3. The number of nitrogens with zero attached hydrogens (tertiary/aromatic N) is 6. The van der Waals surface area contributed by atoms with Gasteiger partial charge in [0.1, 0.15) is 11.5 Å². The lowest BCUT2D eigenvalue weighted by molar-refractivity contribution is -0.146. The molecule has 1 aliphatic rings. The Kier molecular flexibility index (Phi) is 6.00. The van der Waals surface area contributed by atoms with Crippen LogP contribution in [0.4, 0.5) is 18.9 Å². The van der Waals surface area contributed by atoms with E-state index in [1.54, 1.807) is 19.3 Å². The fourth-order valence-electron chi connectivity index (χ4n) is 3.70. The number of aryl methyl sites for hydroxylation is 2. The highest BCUT2D eigenvalue weighted by molar-refractivity contribution is 5.62. The van der Waals surface area contributed by atoms with Crippen LogP contribution in [0, 0.1) is 13.8 Å². The summed E-state index contributed by atoms with van der Waals surface area (Å²) in [5, 5.41) is 8.39. The maximum Gasteiger partial charge on any atom is 0.401 e. The fourth-order valence-corrected chi connectivity index (χ4v) is 3.70. The lowest BCUT2D eigenvalue weighted by atomic mass is 10.1. The summed E-state index contributed by atoms with van der Waals surface area (Å²) in [6.45, 7) is 4.27. The van der Waals surface area contributed by atoms with Crippen molar-refractivity contribution >= 4 is 5.69 Å². The summed E-state index contributed by atoms with van der Waals surface area (Å²) in [5.41, 5.74) is 3.29. The first-order chi connectivity index (χ1) is 15.2. The highest BCUT2D eigenvalue weighted by atomic mass is 19.4. The third-order valence-corrected chi connectivity index (χ3v) is 5.47. The zero-order valence-electron chi connectivity index (χ0n) is 17.8. The van der Waals surface area contributed by atoms with Gasteiger partial charge in [0.2, 0.25) is 0 Å². The Bertz CT molecular complexity index is 1130. The second kappa shape index (κ2) is 8.73. The number of rotatable bonds is 5. The van der Waals surface area contributed by atoms with Gasteiger partial charge in [-0.3, -0.25) is 14.7 Å². The molecule has 0 bridgehead atoms. The quantitative estimate of drug-likeness (QED) is 0.594. The predicted octanol–water partition coefficient (Wildman–Crippen LogP) is 2.64. The molecule has 0 aromatic carbocycles. The predicted molar refractivity (Wildman–Crippen MR) is 112 cm³/mol. The van der Waals surface area contributed by atoms with E-state index in [4.69, 9.17) is 4.52 Å². The van der Waals surface area contributed by atoms with Crippen molar-refractivity contribution in [1.29, 1.82) is 0 Å². The molecule has 0 spiro atoms. The number of pyridine rings is 1. The van der Waals surface area contributed by atoms with E-state index in [-0.39, 0.29) is 25.2 Å². The molecular weight excluding hydrogens is 425 g/mol. The number of hydrogen-bond acceptors (Lipinski definition) is 7. The van der Waals surface area contributed by atoms with Crippen LogP contribution in [0.3, 0.4) is 0 Å². The van der Waals surface area contributed by atoms with E-state index in [1.807, 2.05) is 24.0 Å². The van der Waals surface area contributed by atoms with Gasteiger partial charge in [-0.25, -0.2) is 4.68 Å². The average molecular weight is 448 g/mol. The minimum Gasteiger partial charge on any atom is -0.368 e. The van der Waals surface area contributed by atoms with Crippen molar-refractivity contribution in [2.24, 2.45) is 0 Å². The van der Waals surface area contributed by atoms with Crippen LogP contribution >= 0.6 is 0 Å². The van der Waals surface area contributed by atoms with E-state index < -0.39 is 12.7 Å². The van der Waals surface area contributed by atoms with Crippen molar-refractivity contribution in [3.05, 3.63) is 58.0 Å². The molecule has 0 amide bonds. The average Bonchev–Trinajstić information content (AvgIpc) is 3.10. The molecule has 170 valence electrons. The highest BCUT2D eigenvalue weighted by Gasteiger charge is 2.32. The monoisotopic (exact) mass is 448 g/mol. The summed E-state index contributed by atoms with van der Waals surface area (Å²) in [7, 11) is 0. The molecule has 0 unspecified atom stereocenters. The molecular formula is C21H23F3N6O2. The van der Waals surface area contributed by atoms with Gasteiger partial charge in [0, 0.05) is 55.3 Å². The summed E-state index contributed by atoms with van der Waals surface area (Å²) in [6, 6.07) is 5.22. The molecule has 11 heteroatoms. The second-order valence-electron chi connectivity index (χ2n) is 7.84. The summed E-state index contributed by atoms with van der Waals surface area (Å²) in [6.07, 6.45) is -0.942. The molecule has 4 rings (SSSR count). The Balaban J connectivity index is 1.48. The van der Waals surface area contributed by atoms with Gasteiger partial charge in [0.05, 0.1) is 25.0 Å². The van der Waals surface area contributed by atoms with Gasteiger partial charge in [0.25, 0.3) is 5.56 Å². The van der Waals surface area contributed by atoms with Crippen molar-refractivity contribution in [3.63, 3.8) is 0 Å². The normalized spacial score (nSPS) is 15.3. The van der Waals surface area contributed by atoms with Crippen molar-refractivity contribution in [2.75, 3.05) is 37.6 Å². The smallest absolute Gasteiger partial charge is 0.368 e. The Morgan fingerprint density at radius 3 is 2.47 bits per heavy atom. The second-order valence-corrected chi connectivity index (χ2v) is 7.84. The molecule has 0 N–H and O–H groups in total. The Labute approximate surface area is 182 Å². The zero-order chi connectivity index (χ0) is 22.9. The molecule has 8 nitrogen and oxygen atoms in total. The van der Waals surface area contributed by atoms with E-state index in [1.165, 1.54) is 15.6 Å².